The number of hydrogen-bond acceptors (Lipinski definition) is 6. The smallest absolute Gasteiger partial charge is 0.326 e. The highest BCUT2D eigenvalue weighted by Crippen LogP contribution is 2.00. The second-order valence-electron chi connectivity index (χ2n) is 5.52. The third-order valence-corrected chi connectivity index (χ3v) is 3.31. The van der Waals surface area contributed by atoms with E-state index >= 15 is 0 Å². The van der Waals surface area contributed by atoms with Crippen molar-refractivity contribution in [1.29, 1.82) is 0 Å². The predicted octanol–water partition coefficient (Wildman–Crippen LogP) is -2.82. The van der Waals surface area contributed by atoms with Crippen molar-refractivity contribution in [2.45, 2.75) is 44.2 Å². The Labute approximate surface area is 146 Å². The van der Waals surface area contributed by atoms with E-state index in [9.17, 15) is 14.4 Å². The first-order chi connectivity index (χ1) is 11.8. The first-order valence-electron chi connectivity index (χ1n) is 8.08. The molecular formula is C14H29N7O4. The van der Waals surface area contributed by atoms with Crippen molar-refractivity contribution in [3.8, 4) is 0 Å². The number of amides is 2. The lowest BCUT2D eigenvalue weighted by Crippen LogP contribution is -2.48. The molecule has 11 heteroatoms. The van der Waals surface area contributed by atoms with Gasteiger partial charge in [-0.15, -0.1) is 0 Å². The van der Waals surface area contributed by atoms with Crippen LogP contribution in [0.25, 0.3) is 0 Å². The van der Waals surface area contributed by atoms with Crippen LogP contribution in [-0.2, 0) is 14.4 Å². The average molecular weight is 359 g/mol. The van der Waals surface area contributed by atoms with E-state index in [4.69, 9.17) is 28.0 Å². The van der Waals surface area contributed by atoms with Crippen molar-refractivity contribution in [3.05, 3.63) is 0 Å². The molecule has 144 valence electrons. The van der Waals surface area contributed by atoms with Crippen molar-refractivity contribution in [3.63, 3.8) is 0 Å². The molecule has 2 atom stereocenters. The van der Waals surface area contributed by atoms with Gasteiger partial charge in [0.15, 0.2) is 5.96 Å². The quantitative estimate of drug-likeness (QED) is 0.103. The average Bonchev–Trinajstić information content (AvgIpc) is 2.55. The fraction of sp³-hybridized carbons (Fsp3) is 0.714. The molecule has 11 nitrogen and oxygen atoms in total. The van der Waals surface area contributed by atoms with Crippen LogP contribution in [0.4, 0.5) is 0 Å². The third-order valence-electron chi connectivity index (χ3n) is 3.31. The van der Waals surface area contributed by atoms with E-state index in [0.717, 1.165) is 0 Å². The molecule has 0 heterocycles. The zero-order valence-corrected chi connectivity index (χ0v) is 14.2. The minimum Gasteiger partial charge on any atom is -0.480 e. The third kappa shape index (κ3) is 11.7. The topological polar surface area (TPSA) is 212 Å². The lowest BCUT2D eigenvalue weighted by molar-refractivity contribution is -0.142. The molecule has 11 N–H and O–H groups in total. The molecule has 0 aromatic heterocycles. The van der Waals surface area contributed by atoms with Gasteiger partial charge in [0.25, 0.3) is 0 Å². The first kappa shape index (κ1) is 22.6. The fourth-order valence-corrected chi connectivity index (χ4v) is 1.94. The molecule has 0 aliphatic heterocycles. The van der Waals surface area contributed by atoms with Gasteiger partial charge in [0.1, 0.15) is 6.04 Å². The molecule has 0 aromatic rings. The number of carboxylic acid groups (broad SMARTS) is 1. The van der Waals surface area contributed by atoms with Crippen LogP contribution in [0.1, 0.15) is 32.1 Å². The van der Waals surface area contributed by atoms with Gasteiger partial charge in [0, 0.05) is 6.54 Å². The summed E-state index contributed by atoms with van der Waals surface area (Å²) in [7, 11) is 0. The molecule has 0 saturated carbocycles. The number of rotatable bonds is 13. The molecule has 2 unspecified atom stereocenters. The monoisotopic (exact) mass is 359 g/mol. The molecule has 0 fully saturated rings. The van der Waals surface area contributed by atoms with Crippen LogP contribution in [-0.4, -0.2) is 60.6 Å². The molecule has 0 bridgehead atoms. The normalized spacial score (nSPS) is 12.7. The number of hydrogen-bond donors (Lipinski definition) is 7. The number of aliphatic carboxylic acids is 1. The molecule has 2 amide bonds. The summed E-state index contributed by atoms with van der Waals surface area (Å²) in [6, 6.07) is -1.81. The lowest BCUT2D eigenvalue weighted by atomic mass is 10.1. The summed E-state index contributed by atoms with van der Waals surface area (Å²) in [6.07, 6.45) is 2.39. The summed E-state index contributed by atoms with van der Waals surface area (Å²) in [6.45, 7) is 0.464. The van der Waals surface area contributed by atoms with Gasteiger partial charge in [-0.05, 0) is 38.6 Å². The van der Waals surface area contributed by atoms with E-state index in [1.807, 2.05) is 0 Å². The Morgan fingerprint density at radius 3 is 2.32 bits per heavy atom. The molecule has 0 aliphatic rings. The van der Waals surface area contributed by atoms with Crippen molar-refractivity contribution in [2.24, 2.45) is 27.9 Å². The number of nitrogens with zero attached hydrogens (tertiary/aromatic N) is 1. The van der Waals surface area contributed by atoms with Crippen molar-refractivity contribution < 1.29 is 19.5 Å². The van der Waals surface area contributed by atoms with Gasteiger partial charge in [0.2, 0.25) is 11.8 Å². The Morgan fingerprint density at radius 1 is 1.08 bits per heavy atom. The summed E-state index contributed by atoms with van der Waals surface area (Å²) in [5.74, 6) is -2.27. The van der Waals surface area contributed by atoms with Crippen LogP contribution < -0.4 is 33.6 Å². The fourth-order valence-electron chi connectivity index (χ4n) is 1.94. The molecular weight excluding hydrogens is 330 g/mol. The van der Waals surface area contributed by atoms with E-state index in [2.05, 4.69) is 15.6 Å². The van der Waals surface area contributed by atoms with Crippen LogP contribution in [0.5, 0.6) is 0 Å². The van der Waals surface area contributed by atoms with Crippen LogP contribution in [0, 0.1) is 0 Å². The van der Waals surface area contributed by atoms with E-state index in [1.54, 1.807) is 0 Å². The van der Waals surface area contributed by atoms with E-state index in [-0.39, 0.29) is 18.9 Å². The Hall–Kier alpha value is -2.40. The van der Waals surface area contributed by atoms with Gasteiger partial charge >= 0.3 is 5.97 Å². The van der Waals surface area contributed by atoms with E-state index in [0.29, 0.717) is 38.8 Å². The van der Waals surface area contributed by atoms with Crippen molar-refractivity contribution in [1.82, 2.24) is 10.6 Å². The number of unbranched alkanes of at least 4 members (excludes halogenated alkanes) is 1. The minimum absolute atomic E-state index is 0.0332. The van der Waals surface area contributed by atoms with Gasteiger partial charge in [-0.3, -0.25) is 14.6 Å². The Balaban J connectivity index is 4.13. The van der Waals surface area contributed by atoms with Crippen LogP contribution in [0.2, 0.25) is 0 Å². The van der Waals surface area contributed by atoms with E-state index < -0.39 is 29.9 Å². The number of nitrogens with one attached hydrogen (secondary N) is 2. The van der Waals surface area contributed by atoms with Crippen molar-refractivity contribution >= 4 is 23.7 Å². The second-order valence-corrected chi connectivity index (χ2v) is 5.52. The second kappa shape index (κ2) is 13.0. The number of carbonyl (C=O) groups is 3. The molecule has 0 spiro atoms. The number of nitrogens with two attached hydrogens (primary N) is 4. The Morgan fingerprint density at radius 2 is 1.76 bits per heavy atom. The number of aliphatic imine (C=N–C) groups is 1. The van der Waals surface area contributed by atoms with Gasteiger partial charge in [-0.1, -0.05) is 0 Å². The maximum atomic E-state index is 11.8. The standard InChI is InChI=1S/C14H29N7O4/c15-6-2-1-5-10(13(24)25)21-11(22)8-20-12(23)9(16)4-3-7-19-14(17)18/h9-10H,1-8,15-16H2,(H,20,23)(H,21,22)(H,24,25)(H4,17,18,19). The molecule has 0 aliphatic carbocycles. The number of guanidine groups is 1. The van der Waals surface area contributed by atoms with Crippen LogP contribution in [0.15, 0.2) is 4.99 Å². The van der Waals surface area contributed by atoms with Gasteiger partial charge in [0.05, 0.1) is 12.6 Å². The zero-order chi connectivity index (χ0) is 19.2. The minimum atomic E-state index is -1.13. The Bertz CT molecular complexity index is 466. The Kier molecular flexibility index (Phi) is 11.7. The molecule has 0 aromatic carbocycles. The molecule has 0 radical (unpaired) electrons. The number of carboxylic acids is 1. The first-order valence-corrected chi connectivity index (χ1v) is 8.08. The summed E-state index contributed by atoms with van der Waals surface area (Å²) >= 11 is 0. The van der Waals surface area contributed by atoms with Gasteiger partial charge in [-0.2, -0.15) is 0 Å². The molecule has 25 heavy (non-hydrogen) atoms. The summed E-state index contributed by atoms with van der Waals surface area (Å²) in [5.41, 5.74) is 21.4. The summed E-state index contributed by atoms with van der Waals surface area (Å²) in [4.78, 5) is 38.4. The van der Waals surface area contributed by atoms with Crippen LogP contribution >= 0.6 is 0 Å². The van der Waals surface area contributed by atoms with Gasteiger partial charge < -0.3 is 38.7 Å². The largest absolute Gasteiger partial charge is 0.480 e. The SMILES string of the molecule is NCCCCC(NC(=O)CNC(=O)C(N)CCCN=C(N)N)C(=O)O. The maximum Gasteiger partial charge on any atom is 0.326 e. The summed E-state index contributed by atoms with van der Waals surface area (Å²) < 4.78 is 0. The lowest BCUT2D eigenvalue weighted by Gasteiger charge is -2.15. The highest BCUT2D eigenvalue weighted by atomic mass is 16.4. The predicted molar refractivity (Wildman–Crippen MR) is 93.4 cm³/mol. The maximum absolute atomic E-state index is 11.8. The highest BCUT2D eigenvalue weighted by Gasteiger charge is 2.20. The van der Waals surface area contributed by atoms with E-state index in [1.165, 1.54) is 0 Å². The van der Waals surface area contributed by atoms with Crippen LogP contribution in [0.3, 0.4) is 0 Å². The van der Waals surface area contributed by atoms with Crippen molar-refractivity contribution in [2.75, 3.05) is 19.6 Å². The molecule has 0 rings (SSSR count). The zero-order valence-electron chi connectivity index (χ0n) is 14.2. The highest BCUT2D eigenvalue weighted by molar-refractivity contribution is 5.89. The number of carbonyl (C=O) groups excluding carboxylic acids is 2. The van der Waals surface area contributed by atoms with Gasteiger partial charge in [-0.25, -0.2) is 4.79 Å². The molecule has 0 saturated heterocycles. The summed E-state index contributed by atoms with van der Waals surface area (Å²) in [5, 5.41) is 13.8.